The molecule has 4 aromatic rings. The molecule has 6 nitrogen and oxygen atoms in total. The first kappa shape index (κ1) is 21.6. The average Bonchev–Trinajstić information content (AvgIpc) is 2.87. The Kier molecular flexibility index (Phi) is 5.69. The molecule has 3 heterocycles. The molecule has 1 atom stereocenters. The lowest BCUT2D eigenvalue weighted by Gasteiger charge is -2.41. The van der Waals surface area contributed by atoms with E-state index in [1.165, 1.54) is 22.4 Å². The van der Waals surface area contributed by atoms with Crippen molar-refractivity contribution in [2.45, 2.75) is 19.4 Å². The first-order valence-corrected chi connectivity index (χ1v) is 11.4. The highest BCUT2D eigenvalue weighted by molar-refractivity contribution is 6.01. The van der Waals surface area contributed by atoms with E-state index in [9.17, 15) is 10.1 Å². The number of nitriles is 1. The molecular formula is C28H25N5O. The average molecular weight is 448 g/mol. The Morgan fingerprint density at radius 3 is 2.79 bits per heavy atom. The minimum Gasteiger partial charge on any atom is -0.366 e. The summed E-state index contributed by atoms with van der Waals surface area (Å²) in [6.07, 6.45) is 7.23. The fourth-order valence-electron chi connectivity index (χ4n) is 4.95. The molecule has 0 unspecified atom stereocenters. The third kappa shape index (κ3) is 3.75. The summed E-state index contributed by atoms with van der Waals surface area (Å²) >= 11 is 0. The summed E-state index contributed by atoms with van der Waals surface area (Å²) in [5.41, 5.74) is 4.21. The monoisotopic (exact) mass is 447 g/mol. The van der Waals surface area contributed by atoms with Crippen molar-refractivity contribution in [2.75, 3.05) is 24.5 Å². The van der Waals surface area contributed by atoms with Gasteiger partial charge in [0.15, 0.2) is 0 Å². The number of carbonyl (C=O) groups excluding carboxylic acids is 1. The summed E-state index contributed by atoms with van der Waals surface area (Å²) in [5.74, 6) is -0.132. The van der Waals surface area contributed by atoms with Gasteiger partial charge in [-0.25, -0.2) is 0 Å². The van der Waals surface area contributed by atoms with Crippen molar-refractivity contribution < 1.29 is 4.79 Å². The van der Waals surface area contributed by atoms with Gasteiger partial charge in [-0.2, -0.15) is 5.26 Å². The largest absolute Gasteiger partial charge is 0.366 e. The van der Waals surface area contributed by atoms with Crippen LogP contribution in [0, 0.1) is 18.3 Å². The number of hydrogen-bond donors (Lipinski definition) is 0. The Bertz CT molecular complexity index is 1450. The highest BCUT2D eigenvalue weighted by Crippen LogP contribution is 2.34. The number of anilines is 1. The third-order valence-corrected chi connectivity index (χ3v) is 6.62. The van der Waals surface area contributed by atoms with Crippen molar-refractivity contribution in [3.05, 3.63) is 79.3 Å². The second kappa shape index (κ2) is 8.95. The van der Waals surface area contributed by atoms with Crippen molar-refractivity contribution in [3.8, 4) is 17.3 Å². The maximum atomic E-state index is 12.3. The molecule has 1 aliphatic heterocycles. The molecule has 1 amide bonds. The van der Waals surface area contributed by atoms with Gasteiger partial charge in [-0.15, -0.1) is 0 Å². The molecule has 0 spiro atoms. The second-order valence-corrected chi connectivity index (χ2v) is 8.63. The van der Waals surface area contributed by atoms with Crippen LogP contribution >= 0.6 is 0 Å². The maximum Gasteiger partial charge on any atom is 0.246 e. The van der Waals surface area contributed by atoms with Gasteiger partial charge < -0.3 is 9.80 Å². The summed E-state index contributed by atoms with van der Waals surface area (Å²) in [6.45, 7) is 7.49. The molecule has 1 aliphatic rings. The zero-order valence-electron chi connectivity index (χ0n) is 19.1. The molecule has 0 radical (unpaired) electrons. The Morgan fingerprint density at radius 1 is 1.18 bits per heavy atom. The summed E-state index contributed by atoms with van der Waals surface area (Å²) in [7, 11) is 0. The van der Waals surface area contributed by atoms with Crippen LogP contribution in [0.2, 0.25) is 0 Å². The van der Waals surface area contributed by atoms with Crippen LogP contribution in [0.4, 0.5) is 5.69 Å². The maximum absolute atomic E-state index is 12.3. The lowest BCUT2D eigenvalue weighted by molar-refractivity contribution is -0.128. The minimum absolute atomic E-state index is 0.132. The summed E-state index contributed by atoms with van der Waals surface area (Å²) in [5, 5.41) is 13.7. The van der Waals surface area contributed by atoms with Crippen LogP contribution in [0.3, 0.4) is 0 Å². The van der Waals surface area contributed by atoms with Crippen molar-refractivity contribution in [1.29, 1.82) is 5.26 Å². The van der Waals surface area contributed by atoms with Crippen LogP contribution in [-0.4, -0.2) is 46.5 Å². The molecule has 2 aromatic heterocycles. The predicted octanol–water partition coefficient (Wildman–Crippen LogP) is 4.88. The molecule has 0 saturated carbocycles. The number of aromatic nitrogens is 2. The molecule has 1 fully saturated rings. The third-order valence-electron chi connectivity index (χ3n) is 6.62. The number of aryl methyl sites for hydroxylation is 1. The van der Waals surface area contributed by atoms with E-state index in [1.807, 2.05) is 18.6 Å². The normalized spacial score (nSPS) is 15.9. The SMILES string of the molecule is C=CC(=O)N1CCN(c2cncc3cc(-c4cccc5cccc(C)c45)ncc23)C[C@@H]1CC#N. The van der Waals surface area contributed by atoms with E-state index in [1.54, 1.807) is 4.90 Å². The van der Waals surface area contributed by atoms with E-state index < -0.39 is 0 Å². The van der Waals surface area contributed by atoms with Gasteiger partial charge in [0.2, 0.25) is 5.91 Å². The fourth-order valence-corrected chi connectivity index (χ4v) is 4.95. The smallest absolute Gasteiger partial charge is 0.246 e. The topological polar surface area (TPSA) is 73.1 Å². The molecule has 0 bridgehead atoms. The van der Waals surface area contributed by atoms with E-state index in [0.717, 1.165) is 27.7 Å². The van der Waals surface area contributed by atoms with Crippen LogP contribution in [0.1, 0.15) is 12.0 Å². The molecule has 5 rings (SSSR count). The molecule has 1 saturated heterocycles. The number of pyridine rings is 2. The molecular weight excluding hydrogens is 422 g/mol. The molecule has 6 heteroatoms. The standard InChI is InChI=1S/C28H25N5O/c1-3-27(34)33-13-12-32(18-22(33)10-11-29)26-17-30-15-21-14-25(31-16-24(21)26)23-9-5-8-20-7-4-6-19(2)28(20)23/h3-9,14-17,22H,1,10,12-13,18H2,2H3/t22-/m0/s1. The van der Waals surface area contributed by atoms with Gasteiger partial charge in [0.1, 0.15) is 0 Å². The lowest BCUT2D eigenvalue weighted by Crippen LogP contribution is -2.55. The van der Waals surface area contributed by atoms with Crippen molar-refractivity contribution in [3.63, 3.8) is 0 Å². The van der Waals surface area contributed by atoms with Crippen LogP contribution < -0.4 is 4.90 Å². The first-order valence-electron chi connectivity index (χ1n) is 11.4. The van der Waals surface area contributed by atoms with Gasteiger partial charge in [0, 0.05) is 48.4 Å². The summed E-state index contributed by atoms with van der Waals surface area (Å²) in [4.78, 5) is 25.6. The number of piperazine rings is 1. The summed E-state index contributed by atoms with van der Waals surface area (Å²) < 4.78 is 0. The van der Waals surface area contributed by atoms with Gasteiger partial charge >= 0.3 is 0 Å². The number of hydrogen-bond acceptors (Lipinski definition) is 5. The minimum atomic E-state index is -0.189. The van der Waals surface area contributed by atoms with E-state index in [0.29, 0.717) is 19.6 Å². The predicted molar refractivity (Wildman–Crippen MR) is 135 cm³/mol. The van der Waals surface area contributed by atoms with Gasteiger partial charge in [-0.1, -0.05) is 43.0 Å². The highest BCUT2D eigenvalue weighted by atomic mass is 16.2. The number of fused-ring (bicyclic) bond motifs is 2. The molecule has 34 heavy (non-hydrogen) atoms. The van der Waals surface area contributed by atoms with E-state index >= 15 is 0 Å². The number of amides is 1. The molecule has 0 N–H and O–H groups in total. The summed E-state index contributed by atoms with van der Waals surface area (Å²) in [6, 6.07) is 16.8. The Morgan fingerprint density at radius 2 is 2.00 bits per heavy atom. The fraction of sp³-hybridized carbons (Fsp3) is 0.214. The van der Waals surface area contributed by atoms with Gasteiger partial charge in [0.05, 0.1) is 36.1 Å². The van der Waals surface area contributed by atoms with Gasteiger partial charge in [-0.3, -0.25) is 14.8 Å². The van der Waals surface area contributed by atoms with Gasteiger partial charge in [-0.05, 0) is 35.4 Å². The lowest BCUT2D eigenvalue weighted by atomic mass is 9.97. The number of rotatable bonds is 4. The number of nitrogens with zero attached hydrogens (tertiary/aromatic N) is 5. The van der Waals surface area contributed by atoms with Gasteiger partial charge in [0.25, 0.3) is 0 Å². The molecule has 168 valence electrons. The van der Waals surface area contributed by atoms with Crippen LogP contribution in [0.5, 0.6) is 0 Å². The molecule has 2 aromatic carbocycles. The zero-order chi connectivity index (χ0) is 23.7. The van der Waals surface area contributed by atoms with E-state index in [4.69, 9.17) is 4.98 Å². The van der Waals surface area contributed by atoms with Crippen LogP contribution in [0.15, 0.2) is 73.7 Å². The Hall–Kier alpha value is -4.24. The zero-order valence-corrected chi connectivity index (χ0v) is 19.1. The highest BCUT2D eigenvalue weighted by Gasteiger charge is 2.30. The first-order chi connectivity index (χ1) is 16.6. The van der Waals surface area contributed by atoms with Crippen LogP contribution in [0.25, 0.3) is 32.8 Å². The number of carbonyl (C=O) groups is 1. The van der Waals surface area contributed by atoms with Crippen molar-refractivity contribution in [1.82, 2.24) is 14.9 Å². The Balaban J connectivity index is 1.53. The van der Waals surface area contributed by atoms with Crippen molar-refractivity contribution in [2.24, 2.45) is 0 Å². The van der Waals surface area contributed by atoms with Crippen LogP contribution in [-0.2, 0) is 4.79 Å². The Labute approximate surface area is 198 Å². The van der Waals surface area contributed by atoms with E-state index in [-0.39, 0.29) is 18.4 Å². The number of benzene rings is 2. The second-order valence-electron chi connectivity index (χ2n) is 8.63. The quantitative estimate of drug-likeness (QED) is 0.417. The van der Waals surface area contributed by atoms with Crippen molar-refractivity contribution >= 4 is 33.1 Å². The molecule has 0 aliphatic carbocycles. The van der Waals surface area contributed by atoms with E-state index in [2.05, 4.69) is 71.9 Å².